The van der Waals surface area contributed by atoms with Crippen molar-refractivity contribution in [2.24, 2.45) is 0 Å². The topological polar surface area (TPSA) is 76.7 Å². The van der Waals surface area contributed by atoms with Gasteiger partial charge in [-0.2, -0.15) is 4.98 Å². The van der Waals surface area contributed by atoms with Crippen molar-refractivity contribution in [2.45, 2.75) is 13.0 Å². The quantitative estimate of drug-likeness (QED) is 0.766. The van der Waals surface area contributed by atoms with Crippen LogP contribution in [0.4, 0.5) is 11.8 Å². The zero-order valence-corrected chi connectivity index (χ0v) is 11.2. The fraction of sp³-hybridized carbons (Fsp3) is 0.154. The molecule has 0 saturated carbocycles. The van der Waals surface area contributed by atoms with Gasteiger partial charge in [-0.15, -0.1) is 11.3 Å². The van der Waals surface area contributed by atoms with Crippen LogP contribution in [-0.4, -0.2) is 15.0 Å². The third-order valence-corrected chi connectivity index (χ3v) is 3.63. The first kappa shape index (κ1) is 11.9. The predicted octanol–water partition coefficient (Wildman–Crippen LogP) is 2.84. The lowest BCUT2D eigenvalue weighted by atomic mass is 10.2. The molecule has 3 aromatic rings. The van der Waals surface area contributed by atoms with E-state index < -0.39 is 0 Å². The third kappa shape index (κ3) is 2.34. The number of nitrogens with zero attached hydrogens (tertiary/aromatic N) is 3. The van der Waals surface area contributed by atoms with Crippen molar-refractivity contribution < 1.29 is 0 Å². The van der Waals surface area contributed by atoms with E-state index in [1.807, 2.05) is 36.6 Å². The number of anilines is 2. The van der Waals surface area contributed by atoms with Crippen LogP contribution in [0.2, 0.25) is 0 Å². The molecule has 0 fully saturated rings. The lowest BCUT2D eigenvalue weighted by Crippen LogP contribution is -2.10. The van der Waals surface area contributed by atoms with Gasteiger partial charge < -0.3 is 11.1 Å². The van der Waals surface area contributed by atoms with Gasteiger partial charge in [0.1, 0.15) is 10.6 Å². The van der Waals surface area contributed by atoms with Gasteiger partial charge in [-0.1, -0.05) is 6.07 Å². The molecule has 0 aromatic carbocycles. The normalized spacial score (nSPS) is 12.5. The Bertz CT molecular complexity index is 695. The Morgan fingerprint density at radius 1 is 1.26 bits per heavy atom. The largest absolute Gasteiger partial charge is 0.368 e. The number of hydrogen-bond donors (Lipinski definition) is 2. The highest BCUT2D eigenvalue weighted by Gasteiger charge is 2.11. The van der Waals surface area contributed by atoms with Crippen molar-refractivity contribution in [3.63, 3.8) is 0 Å². The fourth-order valence-corrected chi connectivity index (χ4v) is 2.66. The highest BCUT2D eigenvalue weighted by Crippen LogP contribution is 2.28. The van der Waals surface area contributed by atoms with Crippen LogP contribution in [-0.2, 0) is 0 Å². The molecule has 0 aliphatic carbocycles. The minimum absolute atomic E-state index is 0.0543. The maximum atomic E-state index is 5.73. The van der Waals surface area contributed by atoms with Crippen LogP contribution in [0.15, 0.2) is 35.8 Å². The van der Waals surface area contributed by atoms with Gasteiger partial charge in [0, 0.05) is 6.20 Å². The van der Waals surface area contributed by atoms with Crippen LogP contribution in [0.25, 0.3) is 10.2 Å². The van der Waals surface area contributed by atoms with E-state index in [0.717, 1.165) is 21.7 Å². The molecule has 3 N–H and O–H groups in total. The molecule has 5 nitrogen and oxygen atoms in total. The number of thiophene rings is 1. The van der Waals surface area contributed by atoms with E-state index in [9.17, 15) is 0 Å². The molecule has 0 saturated heterocycles. The maximum Gasteiger partial charge on any atom is 0.223 e. The zero-order valence-electron chi connectivity index (χ0n) is 10.4. The highest BCUT2D eigenvalue weighted by atomic mass is 32.1. The number of aromatic nitrogens is 3. The van der Waals surface area contributed by atoms with Gasteiger partial charge in [0.2, 0.25) is 5.95 Å². The van der Waals surface area contributed by atoms with E-state index >= 15 is 0 Å². The number of fused-ring (bicyclic) bond motifs is 1. The summed E-state index contributed by atoms with van der Waals surface area (Å²) < 4.78 is 0. The van der Waals surface area contributed by atoms with Crippen molar-refractivity contribution in [1.82, 2.24) is 15.0 Å². The number of hydrogen-bond acceptors (Lipinski definition) is 6. The number of nitrogens with one attached hydrogen (secondary N) is 1. The lowest BCUT2D eigenvalue weighted by Gasteiger charge is -2.14. The first-order chi connectivity index (χ1) is 9.24. The van der Waals surface area contributed by atoms with Crippen LogP contribution in [0.1, 0.15) is 18.7 Å². The van der Waals surface area contributed by atoms with Gasteiger partial charge in [0.05, 0.1) is 17.1 Å². The highest BCUT2D eigenvalue weighted by molar-refractivity contribution is 7.16. The van der Waals surface area contributed by atoms with Gasteiger partial charge in [-0.05, 0) is 30.5 Å². The summed E-state index contributed by atoms with van der Waals surface area (Å²) in [5, 5.41) is 6.31. The van der Waals surface area contributed by atoms with Gasteiger partial charge in [0.25, 0.3) is 0 Å². The van der Waals surface area contributed by atoms with Crippen LogP contribution in [0.5, 0.6) is 0 Å². The van der Waals surface area contributed by atoms with Crippen molar-refractivity contribution >= 4 is 33.3 Å². The summed E-state index contributed by atoms with van der Waals surface area (Å²) in [7, 11) is 0. The molecule has 19 heavy (non-hydrogen) atoms. The van der Waals surface area contributed by atoms with E-state index in [2.05, 4.69) is 20.3 Å². The molecule has 0 aliphatic heterocycles. The van der Waals surface area contributed by atoms with E-state index in [1.165, 1.54) is 0 Å². The summed E-state index contributed by atoms with van der Waals surface area (Å²) in [4.78, 5) is 13.7. The predicted molar refractivity (Wildman–Crippen MR) is 78.1 cm³/mol. The average molecular weight is 271 g/mol. The minimum Gasteiger partial charge on any atom is -0.368 e. The molecule has 0 amide bonds. The Labute approximate surface area is 114 Å². The Hall–Kier alpha value is -2.21. The second-order valence-electron chi connectivity index (χ2n) is 4.19. The molecular weight excluding hydrogens is 258 g/mol. The van der Waals surface area contributed by atoms with Gasteiger partial charge in [-0.3, -0.25) is 4.98 Å². The second-order valence-corrected chi connectivity index (χ2v) is 5.09. The van der Waals surface area contributed by atoms with Crippen molar-refractivity contribution in [3.8, 4) is 0 Å². The van der Waals surface area contributed by atoms with E-state index in [0.29, 0.717) is 0 Å². The molecule has 0 radical (unpaired) electrons. The Morgan fingerprint density at radius 2 is 2.16 bits per heavy atom. The molecule has 3 rings (SSSR count). The van der Waals surface area contributed by atoms with Gasteiger partial charge in [-0.25, -0.2) is 4.98 Å². The van der Waals surface area contributed by atoms with Crippen LogP contribution in [0.3, 0.4) is 0 Å². The monoisotopic (exact) mass is 271 g/mol. The Balaban J connectivity index is 1.95. The molecule has 6 heteroatoms. The summed E-state index contributed by atoms with van der Waals surface area (Å²) in [5.41, 5.74) is 6.69. The molecular formula is C13H13N5S. The molecule has 3 heterocycles. The third-order valence-electron chi connectivity index (χ3n) is 2.83. The summed E-state index contributed by atoms with van der Waals surface area (Å²) in [5.74, 6) is 1.03. The number of nitrogen functional groups attached to an aromatic ring is 1. The standard InChI is InChI=1S/C13H13N5S/c1-8(10-4-2-3-6-15-10)16-11-9-5-7-19-12(9)18-13(14)17-11/h2-8H,1H3,(H3,14,16,17,18). The lowest BCUT2D eigenvalue weighted by molar-refractivity contribution is 0.834. The maximum absolute atomic E-state index is 5.73. The molecule has 1 atom stereocenters. The van der Waals surface area contributed by atoms with E-state index in [-0.39, 0.29) is 12.0 Å². The van der Waals surface area contributed by atoms with E-state index in [1.54, 1.807) is 17.5 Å². The summed E-state index contributed by atoms with van der Waals surface area (Å²) in [6.07, 6.45) is 1.78. The molecule has 0 spiro atoms. The summed E-state index contributed by atoms with van der Waals surface area (Å²) in [6, 6.07) is 7.89. The average Bonchev–Trinajstić information content (AvgIpc) is 2.88. The molecule has 1 unspecified atom stereocenters. The molecule has 96 valence electrons. The summed E-state index contributed by atoms with van der Waals surface area (Å²) in [6.45, 7) is 2.04. The Kier molecular flexibility index (Phi) is 3.00. The smallest absolute Gasteiger partial charge is 0.223 e. The second kappa shape index (κ2) is 4.81. The zero-order chi connectivity index (χ0) is 13.2. The van der Waals surface area contributed by atoms with Crippen LogP contribution >= 0.6 is 11.3 Å². The van der Waals surface area contributed by atoms with Crippen molar-refractivity contribution in [2.75, 3.05) is 11.1 Å². The number of pyridine rings is 1. The number of rotatable bonds is 3. The van der Waals surface area contributed by atoms with E-state index in [4.69, 9.17) is 5.73 Å². The minimum atomic E-state index is 0.0543. The first-order valence-electron chi connectivity index (χ1n) is 5.92. The van der Waals surface area contributed by atoms with Crippen molar-refractivity contribution in [3.05, 3.63) is 41.5 Å². The van der Waals surface area contributed by atoms with Gasteiger partial charge in [0.15, 0.2) is 0 Å². The fourth-order valence-electron chi connectivity index (χ4n) is 1.89. The molecule has 0 bridgehead atoms. The molecule has 3 aromatic heterocycles. The van der Waals surface area contributed by atoms with Crippen LogP contribution < -0.4 is 11.1 Å². The van der Waals surface area contributed by atoms with Gasteiger partial charge >= 0.3 is 0 Å². The Morgan fingerprint density at radius 3 is 2.95 bits per heavy atom. The van der Waals surface area contributed by atoms with Crippen LogP contribution in [0, 0.1) is 0 Å². The SMILES string of the molecule is CC(Nc1nc(N)nc2sccc12)c1ccccn1. The summed E-state index contributed by atoms with van der Waals surface area (Å²) >= 11 is 1.55. The number of nitrogens with two attached hydrogens (primary N) is 1. The molecule has 0 aliphatic rings. The first-order valence-corrected chi connectivity index (χ1v) is 6.80. The van der Waals surface area contributed by atoms with Crippen molar-refractivity contribution in [1.29, 1.82) is 0 Å².